The van der Waals surface area contributed by atoms with Crippen molar-refractivity contribution in [1.29, 1.82) is 0 Å². The monoisotopic (exact) mass is 205 g/mol. The Balaban J connectivity index is 2.82. The second-order valence-electron chi connectivity index (χ2n) is 3.59. The average molecular weight is 205 g/mol. The summed E-state index contributed by atoms with van der Waals surface area (Å²) in [4.78, 5) is 11.3. The molecule has 0 atom stereocenters. The number of carbonyl (C=O) groups is 1. The van der Waals surface area contributed by atoms with E-state index in [2.05, 4.69) is 5.32 Å². The molecule has 1 rings (SSSR count). The molecule has 0 aromatic heterocycles. The first-order valence-corrected chi connectivity index (χ1v) is 4.74. The number of aliphatic hydroxyl groups is 1. The molecule has 1 aromatic rings. The molecule has 1 amide bonds. The molecule has 0 bridgehead atoms. The van der Waals surface area contributed by atoms with E-state index in [0.29, 0.717) is 0 Å². The Bertz CT molecular complexity index is 404. The van der Waals surface area contributed by atoms with Gasteiger partial charge in [0.15, 0.2) is 0 Å². The molecule has 0 saturated carbocycles. The van der Waals surface area contributed by atoms with Crippen LogP contribution in [0.25, 0.3) is 0 Å². The molecule has 0 heterocycles. The zero-order valence-corrected chi connectivity index (χ0v) is 9.16. The Labute approximate surface area is 89.4 Å². The first kappa shape index (κ1) is 11.3. The van der Waals surface area contributed by atoms with Crippen LogP contribution in [-0.2, 0) is 4.79 Å². The Kier molecular flexibility index (Phi) is 3.50. The Morgan fingerprint density at radius 3 is 2.60 bits per heavy atom. The molecule has 3 nitrogen and oxygen atoms in total. The highest BCUT2D eigenvalue weighted by molar-refractivity contribution is 5.99. The standard InChI is InChI=1S/C12H15NO2/c1-8-4-5-11(9(2)6-8)13-12(15)7-10(3)14/h4-7,14H,1-3H3,(H,13,15). The van der Waals surface area contributed by atoms with E-state index in [4.69, 9.17) is 5.11 Å². The molecule has 3 heteroatoms. The summed E-state index contributed by atoms with van der Waals surface area (Å²) >= 11 is 0. The van der Waals surface area contributed by atoms with Crippen LogP contribution >= 0.6 is 0 Å². The van der Waals surface area contributed by atoms with Crippen LogP contribution in [0.2, 0.25) is 0 Å². The second kappa shape index (κ2) is 4.64. The van der Waals surface area contributed by atoms with E-state index < -0.39 is 0 Å². The number of benzene rings is 1. The van der Waals surface area contributed by atoms with Crippen molar-refractivity contribution in [2.45, 2.75) is 20.8 Å². The molecule has 0 saturated heterocycles. The van der Waals surface area contributed by atoms with Crippen molar-refractivity contribution in [2.24, 2.45) is 0 Å². The van der Waals surface area contributed by atoms with Gasteiger partial charge in [0, 0.05) is 11.8 Å². The summed E-state index contributed by atoms with van der Waals surface area (Å²) in [6.45, 7) is 5.39. The second-order valence-corrected chi connectivity index (χ2v) is 3.59. The van der Waals surface area contributed by atoms with Gasteiger partial charge in [-0.25, -0.2) is 0 Å². The predicted octanol–water partition coefficient (Wildman–Crippen LogP) is 2.70. The summed E-state index contributed by atoms with van der Waals surface area (Å²) in [7, 11) is 0. The Hall–Kier alpha value is -1.77. The van der Waals surface area contributed by atoms with Gasteiger partial charge in [-0.2, -0.15) is 0 Å². The number of amides is 1. The van der Waals surface area contributed by atoms with Gasteiger partial charge in [-0.3, -0.25) is 4.79 Å². The SMILES string of the molecule is CC(O)=CC(=O)Nc1ccc(C)cc1C. The maximum absolute atomic E-state index is 11.3. The third kappa shape index (κ3) is 3.46. The summed E-state index contributed by atoms with van der Waals surface area (Å²) in [6.07, 6.45) is 1.15. The van der Waals surface area contributed by atoms with E-state index in [1.54, 1.807) is 0 Å². The minimum Gasteiger partial charge on any atom is -0.512 e. The smallest absolute Gasteiger partial charge is 0.251 e. The number of rotatable bonds is 2. The fourth-order valence-corrected chi connectivity index (χ4v) is 1.31. The molecule has 15 heavy (non-hydrogen) atoms. The minimum absolute atomic E-state index is 0.00253. The predicted molar refractivity (Wildman–Crippen MR) is 60.9 cm³/mol. The van der Waals surface area contributed by atoms with Crippen LogP contribution in [-0.4, -0.2) is 11.0 Å². The van der Waals surface area contributed by atoms with Crippen LogP contribution in [0.3, 0.4) is 0 Å². The Morgan fingerprint density at radius 2 is 2.07 bits per heavy atom. The van der Waals surface area contributed by atoms with Gasteiger partial charge < -0.3 is 10.4 Å². The summed E-state index contributed by atoms with van der Waals surface area (Å²) in [6, 6.07) is 5.77. The maximum atomic E-state index is 11.3. The van der Waals surface area contributed by atoms with Gasteiger partial charge in [-0.15, -0.1) is 0 Å². The van der Waals surface area contributed by atoms with E-state index in [1.807, 2.05) is 32.0 Å². The van der Waals surface area contributed by atoms with Crippen molar-refractivity contribution in [3.63, 3.8) is 0 Å². The van der Waals surface area contributed by atoms with E-state index in [1.165, 1.54) is 6.92 Å². The molecule has 0 aliphatic rings. The lowest BCUT2D eigenvalue weighted by Crippen LogP contribution is -2.09. The Morgan fingerprint density at radius 1 is 1.40 bits per heavy atom. The number of hydrogen-bond acceptors (Lipinski definition) is 2. The molecule has 80 valence electrons. The zero-order valence-electron chi connectivity index (χ0n) is 9.16. The van der Waals surface area contributed by atoms with Crippen molar-refractivity contribution in [2.75, 3.05) is 5.32 Å². The van der Waals surface area contributed by atoms with Crippen LogP contribution in [0.15, 0.2) is 30.0 Å². The quantitative estimate of drug-likeness (QED) is 0.576. The highest BCUT2D eigenvalue weighted by Crippen LogP contribution is 2.15. The van der Waals surface area contributed by atoms with Gasteiger partial charge in [0.05, 0.1) is 5.76 Å². The topological polar surface area (TPSA) is 49.3 Å². The molecule has 0 spiro atoms. The van der Waals surface area contributed by atoms with Crippen molar-refractivity contribution in [3.8, 4) is 0 Å². The average Bonchev–Trinajstić information content (AvgIpc) is 2.08. The molecule has 2 N–H and O–H groups in total. The summed E-state index contributed by atoms with van der Waals surface area (Å²) in [5, 5.41) is 11.6. The van der Waals surface area contributed by atoms with Crippen molar-refractivity contribution in [3.05, 3.63) is 41.2 Å². The van der Waals surface area contributed by atoms with Gasteiger partial charge in [0.1, 0.15) is 0 Å². The first-order valence-electron chi connectivity index (χ1n) is 4.74. The number of aliphatic hydroxyl groups excluding tert-OH is 1. The van der Waals surface area contributed by atoms with E-state index in [-0.39, 0.29) is 11.7 Å². The fourth-order valence-electron chi connectivity index (χ4n) is 1.31. The fraction of sp³-hybridized carbons (Fsp3) is 0.250. The number of carbonyl (C=O) groups excluding carboxylic acids is 1. The van der Waals surface area contributed by atoms with Gasteiger partial charge >= 0.3 is 0 Å². The highest BCUT2D eigenvalue weighted by atomic mass is 16.3. The minimum atomic E-state index is -0.318. The molecule has 0 fully saturated rings. The molecular formula is C12H15NO2. The van der Waals surface area contributed by atoms with Crippen LogP contribution in [0.1, 0.15) is 18.1 Å². The van der Waals surface area contributed by atoms with Crippen LogP contribution < -0.4 is 5.32 Å². The van der Waals surface area contributed by atoms with Crippen molar-refractivity contribution in [1.82, 2.24) is 0 Å². The van der Waals surface area contributed by atoms with Gasteiger partial charge in [-0.05, 0) is 32.4 Å². The molecule has 1 aromatic carbocycles. The lowest BCUT2D eigenvalue weighted by atomic mass is 10.1. The lowest BCUT2D eigenvalue weighted by Gasteiger charge is -2.06. The van der Waals surface area contributed by atoms with Gasteiger partial charge in [0.2, 0.25) is 0 Å². The van der Waals surface area contributed by atoms with Gasteiger partial charge in [-0.1, -0.05) is 17.7 Å². The van der Waals surface area contributed by atoms with Crippen molar-refractivity contribution >= 4 is 11.6 Å². The number of hydrogen-bond donors (Lipinski definition) is 2. The molecular weight excluding hydrogens is 190 g/mol. The number of aryl methyl sites for hydroxylation is 2. The van der Waals surface area contributed by atoms with Crippen LogP contribution in [0.5, 0.6) is 0 Å². The molecule has 0 unspecified atom stereocenters. The summed E-state index contributed by atoms with van der Waals surface area (Å²) in [5.74, 6) is -0.320. The molecule has 0 aliphatic carbocycles. The number of nitrogens with one attached hydrogen (secondary N) is 1. The number of allylic oxidation sites excluding steroid dienone is 1. The van der Waals surface area contributed by atoms with Crippen molar-refractivity contribution < 1.29 is 9.90 Å². The van der Waals surface area contributed by atoms with Gasteiger partial charge in [0.25, 0.3) is 5.91 Å². The van der Waals surface area contributed by atoms with Crippen LogP contribution in [0.4, 0.5) is 5.69 Å². The first-order chi connectivity index (χ1) is 6.99. The normalized spacial score (nSPS) is 11.3. The van der Waals surface area contributed by atoms with Crippen LogP contribution in [0, 0.1) is 13.8 Å². The van der Waals surface area contributed by atoms with E-state index in [0.717, 1.165) is 22.9 Å². The maximum Gasteiger partial charge on any atom is 0.251 e. The summed E-state index contributed by atoms with van der Waals surface area (Å²) in [5.41, 5.74) is 2.93. The third-order valence-electron chi connectivity index (χ3n) is 1.98. The largest absolute Gasteiger partial charge is 0.512 e. The van der Waals surface area contributed by atoms with E-state index >= 15 is 0 Å². The third-order valence-corrected chi connectivity index (χ3v) is 1.98. The number of anilines is 1. The lowest BCUT2D eigenvalue weighted by molar-refractivity contribution is -0.112. The summed E-state index contributed by atoms with van der Waals surface area (Å²) < 4.78 is 0. The van der Waals surface area contributed by atoms with E-state index in [9.17, 15) is 4.79 Å². The molecule has 0 radical (unpaired) electrons. The highest BCUT2D eigenvalue weighted by Gasteiger charge is 2.02. The molecule has 0 aliphatic heterocycles. The zero-order chi connectivity index (χ0) is 11.4.